The Bertz CT molecular complexity index is 889. The predicted molar refractivity (Wildman–Crippen MR) is 91.1 cm³/mol. The molecule has 0 fully saturated rings. The average Bonchev–Trinajstić information content (AvgIpc) is 3.01. The van der Waals surface area contributed by atoms with Crippen LogP contribution in [0.25, 0.3) is 10.9 Å². The number of esters is 1. The molecule has 0 aliphatic rings. The zero-order valence-corrected chi connectivity index (χ0v) is 13.5. The number of ether oxygens (including phenoxy) is 1. The van der Waals surface area contributed by atoms with Gasteiger partial charge in [0.1, 0.15) is 5.82 Å². The van der Waals surface area contributed by atoms with E-state index in [2.05, 4.69) is 15.3 Å². The Morgan fingerprint density at radius 3 is 2.79 bits per heavy atom. The Balaban J connectivity index is 1.67. The number of hydrogen-bond acceptors (Lipinski definition) is 4. The van der Waals surface area contributed by atoms with Crippen molar-refractivity contribution in [3.8, 4) is 0 Å². The van der Waals surface area contributed by atoms with Crippen LogP contribution in [0.4, 0.5) is 5.82 Å². The van der Waals surface area contributed by atoms with Gasteiger partial charge in [0.25, 0.3) is 5.91 Å². The molecule has 1 aromatic carbocycles. The normalized spacial score (nSPS) is 11.9. The van der Waals surface area contributed by atoms with E-state index in [9.17, 15) is 9.59 Å². The van der Waals surface area contributed by atoms with Gasteiger partial charge in [-0.3, -0.25) is 4.79 Å². The fourth-order valence-electron chi connectivity index (χ4n) is 2.20. The van der Waals surface area contributed by atoms with Crippen LogP contribution in [0.3, 0.4) is 0 Å². The minimum Gasteiger partial charge on any atom is -0.449 e. The van der Waals surface area contributed by atoms with E-state index >= 15 is 0 Å². The number of rotatable bonds is 4. The molecular formula is C17H14ClN3O3. The summed E-state index contributed by atoms with van der Waals surface area (Å²) in [7, 11) is 0. The lowest BCUT2D eigenvalue weighted by molar-refractivity contribution is -0.123. The number of halogens is 1. The maximum atomic E-state index is 12.3. The second kappa shape index (κ2) is 6.72. The quantitative estimate of drug-likeness (QED) is 0.711. The topological polar surface area (TPSA) is 84.1 Å². The highest BCUT2D eigenvalue weighted by molar-refractivity contribution is 6.30. The van der Waals surface area contributed by atoms with Crippen molar-refractivity contribution in [2.45, 2.75) is 13.0 Å². The molecule has 6 nitrogen and oxygen atoms in total. The van der Waals surface area contributed by atoms with Crippen LogP contribution in [-0.4, -0.2) is 27.9 Å². The number of anilines is 1. The summed E-state index contributed by atoms with van der Waals surface area (Å²) in [5, 5.41) is 3.77. The standard InChI is InChI=1S/C17H14ClN3O3/c1-10(16(22)21-15-7-6-11(18)8-20-15)24-17(23)13-9-19-14-5-3-2-4-12(13)14/h2-10,19H,1H3,(H,20,21,22). The van der Waals surface area contributed by atoms with Crippen LogP contribution >= 0.6 is 11.6 Å². The van der Waals surface area contributed by atoms with Crippen molar-refractivity contribution in [1.82, 2.24) is 9.97 Å². The van der Waals surface area contributed by atoms with E-state index < -0.39 is 18.0 Å². The van der Waals surface area contributed by atoms with Crippen LogP contribution in [0.2, 0.25) is 5.02 Å². The second-order valence-corrected chi connectivity index (χ2v) is 5.58. The van der Waals surface area contributed by atoms with Gasteiger partial charge in [0.2, 0.25) is 0 Å². The third-order valence-electron chi connectivity index (χ3n) is 3.44. The van der Waals surface area contributed by atoms with E-state index in [4.69, 9.17) is 16.3 Å². The third kappa shape index (κ3) is 3.38. The molecule has 2 heterocycles. The average molecular weight is 344 g/mol. The number of aromatic nitrogens is 2. The number of hydrogen-bond donors (Lipinski definition) is 2. The summed E-state index contributed by atoms with van der Waals surface area (Å²) in [6, 6.07) is 10.5. The first kappa shape index (κ1) is 16.0. The van der Waals surface area contributed by atoms with E-state index in [0.29, 0.717) is 16.4 Å². The lowest BCUT2D eigenvalue weighted by atomic mass is 10.2. The van der Waals surface area contributed by atoms with Gasteiger partial charge in [-0.05, 0) is 25.1 Å². The molecule has 1 amide bonds. The molecule has 1 atom stereocenters. The molecule has 0 saturated carbocycles. The van der Waals surface area contributed by atoms with Gasteiger partial charge in [0, 0.05) is 23.3 Å². The Morgan fingerprint density at radius 2 is 2.04 bits per heavy atom. The van der Waals surface area contributed by atoms with Crippen LogP contribution in [0.5, 0.6) is 0 Å². The summed E-state index contributed by atoms with van der Waals surface area (Å²) in [6.07, 6.45) is 2.02. The number of aromatic amines is 1. The van der Waals surface area contributed by atoms with E-state index in [1.807, 2.05) is 24.3 Å². The number of nitrogens with one attached hydrogen (secondary N) is 2. The van der Waals surface area contributed by atoms with Crippen molar-refractivity contribution in [2.24, 2.45) is 0 Å². The minimum absolute atomic E-state index is 0.333. The zero-order valence-electron chi connectivity index (χ0n) is 12.7. The van der Waals surface area contributed by atoms with Gasteiger partial charge in [-0.1, -0.05) is 29.8 Å². The van der Waals surface area contributed by atoms with Crippen LogP contribution in [-0.2, 0) is 9.53 Å². The molecule has 3 rings (SSSR count). The third-order valence-corrected chi connectivity index (χ3v) is 3.66. The van der Waals surface area contributed by atoms with Crippen molar-refractivity contribution in [3.05, 3.63) is 59.4 Å². The first-order chi connectivity index (χ1) is 11.5. The van der Waals surface area contributed by atoms with E-state index in [0.717, 1.165) is 10.9 Å². The molecule has 0 spiro atoms. The molecule has 0 saturated heterocycles. The summed E-state index contributed by atoms with van der Waals surface area (Å²) in [4.78, 5) is 31.3. The van der Waals surface area contributed by atoms with Gasteiger partial charge in [-0.25, -0.2) is 9.78 Å². The highest BCUT2D eigenvalue weighted by Gasteiger charge is 2.21. The maximum absolute atomic E-state index is 12.3. The Labute approximate surface area is 142 Å². The number of benzene rings is 1. The molecule has 2 N–H and O–H groups in total. The molecular weight excluding hydrogens is 330 g/mol. The van der Waals surface area contributed by atoms with E-state index in [-0.39, 0.29) is 0 Å². The fraction of sp³-hybridized carbons (Fsp3) is 0.118. The van der Waals surface area contributed by atoms with Gasteiger partial charge in [-0.15, -0.1) is 0 Å². The van der Waals surface area contributed by atoms with Crippen molar-refractivity contribution in [3.63, 3.8) is 0 Å². The number of amides is 1. The van der Waals surface area contributed by atoms with Crippen molar-refractivity contribution in [1.29, 1.82) is 0 Å². The van der Waals surface area contributed by atoms with Crippen molar-refractivity contribution < 1.29 is 14.3 Å². The maximum Gasteiger partial charge on any atom is 0.341 e. The van der Waals surface area contributed by atoms with E-state index in [1.54, 1.807) is 18.3 Å². The predicted octanol–water partition coefficient (Wildman–Crippen LogP) is 3.40. The SMILES string of the molecule is CC(OC(=O)c1c[nH]c2ccccc12)C(=O)Nc1ccc(Cl)cn1. The first-order valence-electron chi connectivity index (χ1n) is 7.24. The number of pyridine rings is 1. The number of carbonyl (C=O) groups is 2. The molecule has 1 unspecified atom stereocenters. The molecule has 7 heteroatoms. The Hall–Kier alpha value is -2.86. The summed E-state index contributed by atoms with van der Waals surface area (Å²) in [5.41, 5.74) is 1.21. The molecule has 0 radical (unpaired) electrons. The Kier molecular flexibility index (Phi) is 4.48. The van der Waals surface area contributed by atoms with Crippen molar-refractivity contribution >= 4 is 40.2 Å². The molecule has 2 aromatic heterocycles. The minimum atomic E-state index is -0.969. The zero-order chi connectivity index (χ0) is 17.1. The molecule has 122 valence electrons. The molecule has 0 bridgehead atoms. The van der Waals surface area contributed by atoms with Gasteiger partial charge in [0.15, 0.2) is 6.10 Å². The highest BCUT2D eigenvalue weighted by Crippen LogP contribution is 2.19. The van der Waals surface area contributed by atoms with Gasteiger partial charge in [-0.2, -0.15) is 0 Å². The number of carbonyl (C=O) groups excluding carboxylic acids is 2. The number of para-hydroxylation sites is 1. The number of fused-ring (bicyclic) bond motifs is 1. The van der Waals surface area contributed by atoms with Crippen LogP contribution < -0.4 is 5.32 Å². The molecule has 24 heavy (non-hydrogen) atoms. The van der Waals surface area contributed by atoms with Crippen molar-refractivity contribution in [2.75, 3.05) is 5.32 Å². The largest absolute Gasteiger partial charge is 0.449 e. The fourth-order valence-corrected chi connectivity index (χ4v) is 2.31. The summed E-state index contributed by atoms with van der Waals surface area (Å²) in [5.74, 6) is -0.712. The Morgan fingerprint density at radius 1 is 1.25 bits per heavy atom. The smallest absolute Gasteiger partial charge is 0.341 e. The first-order valence-corrected chi connectivity index (χ1v) is 7.62. The van der Waals surface area contributed by atoms with E-state index in [1.165, 1.54) is 13.1 Å². The monoisotopic (exact) mass is 343 g/mol. The van der Waals surface area contributed by atoms with Crippen LogP contribution in [0.1, 0.15) is 17.3 Å². The van der Waals surface area contributed by atoms with Gasteiger partial charge in [0.05, 0.1) is 10.6 Å². The molecule has 0 aliphatic heterocycles. The van der Waals surface area contributed by atoms with Gasteiger partial charge >= 0.3 is 5.97 Å². The summed E-state index contributed by atoms with van der Waals surface area (Å²) < 4.78 is 5.24. The lowest BCUT2D eigenvalue weighted by Crippen LogP contribution is -2.30. The lowest BCUT2D eigenvalue weighted by Gasteiger charge is -2.12. The molecule has 3 aromatic rings. The summed E-state index contributed by atoms with van der Waals surface area (Å²) in [6.45, 7) is 1.50. The number of H-pyrrole nitrogens is 1. The highest BCUT2D eigenvalue weighted by atomic mass is 35.5. The second-order valence-electron chi connectivity index (χ2n) is 5.15. The van der Waals surface area contributed by atoms with Crippen LogP contribution in [0, 0.1) is 0 Å². The van der Waals surface area contributed by atoms with Crippen LogP contribution in [0.15, 0.2) is 48.8 Å². The molecule has 0 aliphatic carbocycles. The van der Waals surface area contributed by atoms with Gasteiger partial charge < -0.3 is 15.0 Å². The summed E-state index contributed by atoms with van der Waals surface area (Å²) >= 11 is 5.74. The number of nitrogens with zero attached hydrogens (tertiary/aromatic N) is 1.